The lowest BCUT2D eigenvalue weighted by Crippen LogP contribution is -2.69. The zero-order valence-corrected chi connectivity index (χ0v) is 13.6. The maximum absolute atomic E-state index is 13.5. The van der Waals surface area contributed by atoms with E-state index in [1.54, 1.807) is 0 Å². The highest BCUT2D eigenvalue weighted by Gasteiger charge is 2.90. The van der Waals surface area contributed by atoms with Crippen molar-refractivity contribution >= 4 is 23.4 Å². The first-order valence-corrected chi connectivity index (χ1v) is 7.32. The van der Waals surface area contributed by atoms with Crippen molar-refractivity contribution < 1.29 is 57.1 Å². The molecule has 1 rings (SSSR count). The fraction of sp³-hybridized carbons (Fsp3) is 0.500. The maximum Gasteiger partial charge on any atom is 0.460 e. The van der Waals surface area contributed by atoms with Crippen molar-refractivity contribution in [2.75, 3.05) is 0 Å². The fourth-order valence-corrected chi connectivity index (χ4v) is 2.42. The van der Waals surface area contributed by atoms with Crippen LogP contribution in [-0.4, -0.2) is 35.1 Å². The first kappa shape index (κ1) is 24.0. The molecule has 0 saturated heterocycles. The first-order chi connectivity index (χ1) is 11.7. The Labute approximate surface area is 150 Å². The lowest BCUT2D eigenvalue weighted by Gasteiger charge is -2.39. The quantitative estimate of drug-likeness (QED) is 0.320. The second kappa shape index (κ2) is 6.78. The van der Waals surface area contributed by atoms with Crippen LogP contribution < -0.4 is 0 Å². The molecule has 0 saturated carbocycles. The van der Waals surface area contributed by atoms with Gasteiger partial charge in [-0.15, -0.1) is 0 Å². The van der Waals surface area contributed by atoms with Gasteiger partial charge in [0.2, 0.25) is 0 Å². The molecule has 0 aromatic heterocycles. The van der Waals surface area contributed by atoms with Crippen molar-refractivity contribution in [3.05, 3.63) is 29.3 Å². The van der Waals surface area contributed by atoms with Crippen molar-refractivity contribution in [2.24, 2.45) is 0 Å². The summed E-state index contributed by atoms with van der Waals surface area (Å²) in [5.41, 5.74) is 0. The fourth-order valence-electron chi connectivity index (χ4n) is 1.47. The molecule has 0 aliphatic heterocycles. The summed E-state index contributed by atoms with van der Waals surface area (Å²) >= 11 is 3.89. The summed E-state index contributed by atoms with van der Waals surface area (Å²) in [6, 6.07) is 2.75. The smallest absolute Gasteiger partial charge is 0.192 e. The predicted octanol–water partition coefficient (Wildman–Crippen LogP) is 7.13. The van der Waals surface area contributed by atoms with E-state index < -0.39 is 51.8 Å². The highest BCUT2D eigenvalue weighted by molar-refractivity contribution is 8.00. The van der Waals surface area contributed by atoms with Crippen molar-refractivity contribution in [1.29, 1.82) is 0 Å². The summed E-state index contributed by atoms with van der Waals surface area (Å²) in [4.78, 5) is -0.939. The number of alkyl halides is 13. The lowest BCUT2D eigenvalue weighted by atomic mass is 9.98. The molecule has 0 amide bonds. The second-order valence-electron chi connectivity index (χ2n) is 4.87. The third kappa shape index (κ3) is 3.78. The zero-order chi connectivity index (χ0) is 21.7. The van der Waals surface area contributed by atoms with Crippen molar-refractivity contribution in [2.45, 2.75) is 40.0 Å². The molecule has 15 heteroatoms. The average Bonchev–Trinajstić information content (AvgIpc) is 2.47. The van der Waals surface area contributed by atoms with Crippen LogP contribution in [0, 0.1) is 0 Å². The summed E-state index contributed by atoms with van der Waals surface area (Å²) < 4.78 is 168. The molecule has 0 aliphatic rings. The van der Waals surface area contributed by atoms with Gasteiger partial charge in [0.25, 0.3) is 0 Å². The average molecular weight is 463 g/mol. The molecular weight excluding hydrogens is 459 g/mol. The first-order valence-electron chi connectivity index (χ1n) is 6.13. The summed E-state index contributed by atoms with van der Waals surface area (Å²) in [6.45, 7) is 0. The minimum atomic E-state index is -7.90. The van der Waals surface area contributed by atoms with Crippen molar-refractivity contribution in [1.82, 2.24) is 0 Å². The molecule has 0 spiro atoms. The Morgan fingerprint density at radius 3 is 1.30 bits per heavy atom. The van der Waals surface area contributed by atoms with E-state index >= 15 is 0 Å². The topological polar surface area (TPSA) is 0 Å². The summed E-state index contributed by atoms with van der Waals surface area (Å²) in [7, 11) is 0. The SMILES string of the molecule is FC(F)(F)C(F)(F)C(F)(F)C(F)(F)C(F)(F)C(F)(F)Sc1ccc(Cl)cc1. The maximum atomic E-state index is 13.5. The Morgan fingerprint density at radius 1 is 0.556 bits per heavy atom. The van der Waals surface area contributed by atoms with Crippen LogP contribution in [0.1, 0.15) is 0 Å². The lowest BCUT2D eigenvalue weighted by molar-refractivity contribution is -0.433. The molecule has 0 aliphatic carbocycles. The molecule has 1 aromatic carbocycles. The van der Waals surface area contributed by atoms with E-state index in [2.05, 4.69) is 0 Å². The van der Waals surface area contributed by atoms with Crippen LogP contribution in [0.25, 0.3) is 0 Å². The Bertz CT molecular complexity index is 665. The molecule has 1 aromatic rings. The van der Waals surface area contributed by atoms with Crippen molar-refractivity contribution in [3.8, 4) is 0 Å². The van der Waals surface area contributed by atoms with E-state index in [9.17, 15) is 57.1 Å². The number of rotatable bonds is 6. The van der Waals surface area contributed by atoms with Crippen LogP contribution in [0.5, 0.6) is 0 Å². The van der Waals surface area contributed by atoms with E-state index in [-0.39, 0.29) is 5.02 Å². The Balaban J connectivity index is 3.38. The Kier molecular flexibility index (Phi) is 6.02. The Morgan fingerprint density at radius 2 is 0.926 bits per heavy atom. The molecule has 0 N–H and O–H groups in total. The van der Waals surface area contributed by atoms with Crippen LogP contribution in [0.3, 0.4) is 0 Å². The molecule has 0 unspecified atom stereocenters. The van der Waals surface area contributed by atoms with E-state index in [1.807, 2.05) is 0 Å². The highest BCUT2D eigenvalue weighted by atomic mass is 35.5. The standard InChI is InChI=1S/C12H4ClF13S/c13-5-1-3-6(4-2-5)27-12(25,26)10(20,21)8(16,17)7(14,15)9(18,19)11(22,23)24/h1-4H. The van der Waals surface area contributed by atoms with Crippen LogP contribution in [-0.2, 0) is 0 Å². The monoisotopic (exact) mass is 462 g/mol. The van der Waals surface area contributed by atoms with Gasteiger partial charge in [0.05, 0.1) is 0 Å². The molecule has 0 bridgehead atoms. The molecule has 0 heterocycles. The van der Waals surface area contributed by atoms with E-state index in [4.69, 9.17) is 11.6 Å². The molecule has 27 heavy (non-hydrogen) atoms. The number of thioether (sulfide) groups is 1. The molecule has 156 valence electrons. The number of halogens is 14. The molecule has 0 nitrogen and oxygen atoms in total. The number of benzene rings is 1. The van der Waals surface area contributed by atoms with Gasteiger partial charge in [0, 0.05) is 9.92 Å². The molecule has 0 radical (unpaired) electrons. The van der Waals surface area contributed by atoms with Crippen LogP contribution in [0.15, 0.2) is 29.2 Å². The third-order valence-electron chi connectivity index (χ3n) is 2.96. The van der Waals surface area contributed by atoms with E-state index in [0.29, 0.717) is 12.1 Å². The van der Waals surface area contributed by atoms with Crippen molar-refractivity contribution in [3.63, 3.8) is 0 Å². The Hall–Kier alpha value is -1.05. The number of hydrogen-bond donors (Lipinski definition) is 0. The molecule has 0 atom stereocenters. The zero-order valence-electron chi connectivity index (χ0n) is 12.0. The minimum Gasteiger partial charge on any atom is -0.192 e. The van der Waals surface area contributed by atoms with Crippen LogP contribution in [0.2, 0.25) is 5.02 Å². The van der Waals surface area contributed by atoms with Gasteiger partial charge >= 0.3 is 35.1 Å². The largest absolute Gasteiger partial charge is 0.460 e. The summed E-state index contributed by atoms with van der Waals surface area (Å²) in [5.74, 6) is -30.7. The minimum absolute atomic E-state index is 0.129. The molecule has 0 fully saturated rings. The van der Waals surface area contributed by atoms with Gasteiger partial charge < -0.3 is 0 Å². The van der Waals surface area contributed by atoms with E-state index in [1.165, 1.54) is 0 Å². The third-order valence-corrected chi connectivity index (χ3v) is 4.24. The highest BCUT2D eigenvalue weighted by Crippen LogP contribution is 2.62. The number of hydrogen-bond acceptors (Lipinski definition) is 1. The van der Waals surface area contributed by atoms with Gasteiger partial charge in [0.1, 0.15) is 0 Å². The summed E-state index contributed by atoms with van der Waals surface area (Å²) in [5, 5.41) is -6.34. The van der Waals surface area contributed by atoms with Crippen LogP contribution >= 0.6 is 23.4 Å². The second-order valence-corrected chi connectivity index (χ2v) is 6.49. The van der Waals surface area contributed by atoms with Gasteiger partial charge in [-0.2, -0.15) is 57.1 Å². The van der Waals surface area contributed by atoms with E-state index in [0.717, 1.165) is 12.1 Å². The van der Waals surface area contributed by atoms with Gasteiger partial charge in [-0.3, -0.25) is 0 Å². The van der Waals surface area contributed by atoms with Gasteiger partial charge in [-0.05, 0) is 36.0 Å². The molecular formula is C12H4ClF13S. The predicted molar refractivity (Wildman–Crippen MR) is 68.1 cm³/mol. The summed E-state index contributed by atoms with van der Waals surface area (Å²) in [6.07, 6.45) is -7.42. The van der Waals surface area contributed by atoms with Gasteiger partial charge in [0.15, 0.2) is 0 Å². The normalized spacial score (nSPS) is 15.2. The van der Waals surface area contributed by atoms with Gasteiger partial charge in [-0.25, -0.2) is 0 Å². The van der Waals surface area contributed by atoms with Gasteiger partial charge in [-0.1, -0.05) is 11.6 Å². The van der Waals surface area contributed by atoms with Crippen LogP contribution in [0.4, 0.5) is 57.1 Å².